The molecular weight excluding hydrogens is 616 g/mol. The van der Waals surface area contributed by atoms with Crippen LogP contribution in [-0.4, -0.2) is 32.3 Å². The maximum atomic E-state index is 14.3. The van der Waals surface area contributed by atoms with Crippen LogP contribution in [-0.2, 0) is 17.1 Å². The molecule has 0 radical (unpaired) electrons. The first-order chi connectivity index (χ1) is 22.5. The number of aromatic nitrogens is 4. The molecule has 0 saturated carbocycles. The Labute approximate surface area is 276 Å². The highest BCUT2D eigenvalue weighted by atomic mass is 35.5. The van der Waals surface area contributed by atoms with Crippen molar-refractivity contribution in [1.82, 2.24) is 19.3 Å². The molecule has 1 atom stereocenters. The molecule has 3 heterocycles. The number of thioether (sulfide) groups is 1. The van der Waals surface area contributed by atoms with Gasteiger partial charge >= 0.3 is 0 Å². The molecule has 2 aromatic heterocycles. The van der Waals surface area contributed by atoms with Crippen molar-refractivity contribution in [3.8, 4) is 5.75 Å². The van der Waals surface area contributed by atoms with E-state index in [0.29, 0.717) is 51.1 Å². The van der Waals surface area contributed by atoms with Gasteiger partial charge in [0.1, 0.15) is 11.8 Å². The van der Waals surface area contributed by atoms with Gasteiger partial charge in [-0.05, 0) is 42.3 Å². The molecule has 8 nitrogen and oxygen atoms in total. The highest BCUT2D eigenvalue weighted by Gasteiger charge is 2.36. The summed E-state index contributed by atoms with van der Waals surface area (Å²) in [4.78, 5) is 19.1. The first kappa shape index (κ1) is 29.7. The monoisotopic (exact) mass is 646 g/mol. The lowest BCUT2D eigenvalue weighted by atomic mass is 9.94. The number of fused-ring (bicyclic) bond motifs is 2. The number of methoxy groups -OCH3 is 1. The predicted molar refractivity (Wildman–Crippen MR) is 185 cm³/mol. The first-order valence-corrected chi connectivity index (χ1v) is 16.2. The van der Waals surface area contributed by atoms with Crippen LogP contribution in [0.1, 0.15) is 29.7 Å². The molecule has 4 aromatic carbocycles. The number of halogens is 1. The molecule has 0 bridgehead atoms. The van der Waals surface area contributed by atoms with Crippen molar-refractivity contribution in [2.24, 2.45) is 0 Å². The van der Waals surface area contributed by atoms with Crippen LogP contribution in [0.15, 0.2) is 126 Å². The van der Waals surface area contributed by atoms with E-state index in [4.69, 9.17) is 26.4 Å². The highest BCUT2D eigenvalue weighted by Crippen LogP contribution is 2.41. The van der Waals surface area contributed by atoms with Crippen LogP contribution in [0.4, 0.5) is 11.6 Å². The number of nitrogens with zero attached hydrogens (tertiary/aromatic N) is 4. The third-order valence-corrected chi connectivity index (χ3v) is 9.31. The van der Waals surface area contributed by atoms with Gasteiger partial charge in [0.05, 0.1) is 18.4 Å². The Balaban J connectivity index is 1.33. The molecule has 0 aliphatic carbocycles. The summed E-state index contributed by atoms with van der Waals surface area (Å²) in [5.41, 5.74) is 6.01. The number of ether oxygens (including phenoxy) is 1. The van der Waals surface area contributed by atoms with E-state index in [1.807, 2.05) is 90.5 Å². The zero-order valence-electron chi connectivity index (χ0n) is 25.3. The van der Waals surface area contributed by atoms with Gasteiger partial charge in [-0.2, -0.15) is 4.98 Å². The highest BCUT2D eigenvalue weighted by molar-refractivity contribution is 7.98. The summed E-state index contributed by atoms with van der Waals surface area (Å²) in [6, 6.07) is 33.2. The van der Waals surface area contributed by atoms with Crippen LogP contribution in [0.5, 0.6) is 5.75 Å². The van der Waals surface area contributed by atoms with Crippen molar-refractivity contribution in [2.45, 2.75) is 30.4 Å². The summed E-state index contributed by atoms with van der Waals surface area (Å²) in [6.45, 7) is 2.59. The minimum absolute atomic E-state index is 0.259. The van der Waals surface area contributed by atoms with Crippen molar-refractivity contribution in [3.05, 3.63) is 142 Å². The van der Waals surface area contributed by atoms with Crippen LogP contribution in [0.25, 0.3) is 10.9 Å². The summed E-state index contributed by atoms with van der Waals surface area (Å²) in [7, 11) is 1.59. The van der Waals surface area contributed by atoms with Crippen LogP contribution < -0.4 is 15.4 Å². The molecule has 46 heavy (non-hydrogen) atoms. The number of allylic oxidation sites excluding steroid dienone is 1. The van der Waals surface area contributed by atoms with Crippen molar-refractivity contribution in [3.63, 3.8) is 0 Å². The Morgan fingerprint density at radius 2 is 1.72 bits per heavy atom. The number of carbonyl (C=O) groups is 1. The molecular formula is C36H31ClN6O2S. The maximum Gasteiger partial charge on any atom is 0.255 e. The molecule has 7 rings (SSSR count). The van der Waals surface area contributed by atoms with Gasteiger partial charge in [-0.3, -0.25) is 4.79 Å². The maximum absolute atomic E-state index is 14.3. The van der Waals surface area contributed by atoms with Crippen molar-refractivity contribution >= 4 is 51.8 Å². The van der Waals surface area contributed by atoms with Gasteiger partial charge in [0.15, 0.2) is 0 Å². The summed E-state index contributed by atoms with van der Waals surface area (Å²) in [6.07, 6.45) is 2.14. The summed E-state index contributed by atoms with van der Waals surface area (Å²) in [5, 5.41) is 13.8. The minimum Gasteiger partial charge on any atom is -0.495 e. The standard InChI is InChI=1S/C36H31ClN6O2S/c1-23-32(34(44)39-29-17-9-11-19-31(29)45-2)33(43-35(38-23)40-36(41-43)46-22-25-14-6-8-16-28(25)37)27-21-42(20-24-12-4-3-5-13-24)30-18-10-7-15-26(27)30/h3-19,21,33H,20,22H2,1-2H3,(H,39,44)(H,38,40,41). The van der Waals surface area contributed by atoms with Crippen LogP contribution in [0.3, 0.4) is 0 Å². The number of amides is 1. The number of carbonyl (C=O) groups excluding carboxylic acids is 1. The van der Waals surface area contributed by atoms with E-state index >= 15 is 0 Å². The van der Waals surface area contributed by atoms with E-state index in [1.165, 1.54) is 17.3 Å². The lowest BCUT2D eigenvalue weighted by Gasteiger charge is -2.28. The molecule has 1 aliphatic heterocycles. The quantitative estimate of drug-likeness (QED) is 0.154. The smallest absolute Gasteiger partial charge is 0.255 e. The van der Waals surface area contributed by atoms with Crippen molar-refractivity contribution in [2.75, 3.05) is 17.7 Å². The predicted octanol–water partition coefficient (Wildman–Crippen LogP) is 8.16. The molecule has 6 aromatic rings. The molecule has 0 saturated heterocycles. The number of para-hydroxylation sites is 3. The summed E-state index contributed by atoms with van der Waals surface area (Å²) < 4.78 is 9.59. The number of hydrogen-bond acceptors (Lipinski definition) is 6. The van der Waals surface area contributed by atoms with Gasteiger partial charge in [-0.25, -0.2) is 4.68 Å². The van der Waals surface area contributed by atoms with E-state index < -0.39 is 6.04 Å². The Morgan fingerprint density at radius 3 is 2.54 bits per heavy atom. The average molecular weight is 647 g/mol. The SMILES string of the molecule is COc1ccccc1NC(=O)C1=C(C)Nc2nc(SCc3ccccc3Cl)nn2C1c1cn(Cc2ccccc2)c2ccccc12. The molecule has 0 spiro atoms. The molecule has 230 valence electrons. The summed E-state index contributed by atoms with van der Waals surface area (Å²) >= 11 is 7.94. The van der Waals surface area contributed by atoms with Crippen molar-refractivity contribution in [1.29, 1.82) is 0 Å². The van der Waals surface area contributed by atoms with E-state index in [9.17, 15) is 4.79 Å². The number of nitrogens with one attached hydrogen (secondary N) is 2. The summed E-state index contributed by atoms with van der Waals surface area (Å²) in [5.74, 6) is 1.50. The van der Waals surface area contributed by atoms with E-state index in [1.54, 1.807) is 7.11 Å². The molecule has 0 fully saturated rings. The molecule has 1 unspecified atom stereocenters. The second kappa shape index (κ2) is 12.8. The van der Waals surface area contributed by atoms with E-state index in [2.05, 4.69) is 45.7 Å². The van der Waals surface area contributed by atoms with E-state index in [0.717, 1.165) is 22.0 Å². The fourth-order valence-electron chi connectivity index (χ4n) is 5.87. The molecule has 10 heteroatoms. The van der Waals surface area contributed by atoms with Gasteiger partial charge < -0.3 is 19.9 Å². The van der Waals surface area contributed by atoms with E-state index in [-0.39, 0.29) is 5.91 Å². The lowest BCUT2D eigenvalue weighted by Crippen LogP contribution is -2.31. The fraction of sp³-hybridized carbons (Fsp3) is 0.139. The Kier molecular flexibility index (Phi) is 8.26. The zero-order valence-corrected chi connectivity index (χ0v) is 26.8. The largest absolute Gasteiger partial charge is 0.495 e. The zero-order chi connectivity index (χ0) is 31.6. The Morgan fingerprint density at radius 1 is 0.978 bits per heavy atom. The Hall–Kier alpha value is -4.99. The normalized spacial score (nSPS) is 14.2. The first-order valence-electron chi connectivity index (χ1n) is 14.9. The van der Waals surface area contributed by atoms with Crippen LogP contribution in [0.2, 0.25) is 5.02 Å². The molecule has 1 amide bonds. The van der Waals surface area contributed by atoms with Gasteiger partial charge in [-0.1, -0.05) is 102 Å². The van der Waals surface area contributed by atoms with Crippen molar-refractivity contribution < 1.29 is 9.53 Å². The topological polar surface area (TPSA) is 86.0 Å². The lowest BCUT2D eigenvalue weighted by molar-refractivity contribution is -0.113. The number of benzene rings is 4. The fourth-order valence-corrected chi connectivity index (χ4v) is 6.99. The molecule has 2 N–H and O–H groups in total. The van der Waals surface area contributed by atoms with Crippen LogP contribution >= 0.6 is 23.4 Å². The minimum atomic E-state index is -0.560. The number of anilines is 2. The second-order valence-electron chi connectivity index (χ2n) is 11.0. The average Bonchev–Trinajstić information content (AvgIpc) is 3.65. The number of rotatable bonds is 9. The van der Waals surface area contributed by atoms with Gasteiger partial charge in [0, 0.05) is 45.7 Å². The third kappa shape index (κ3) is 5.75. The van der Waals surface area contributed by atoms with Gasteiger partial charge in [0.25, 0.3) is 5.91 Å². The number of hydrogen-bond donors (Lipinski definition) is 2. The molecule has 1 aliphatic rings. The van der Waals surface area contributed by atoms with Crippen LogP contribution in [0, 0.1) is 0 Å². The van der Waals surface area contributed by atoms with Gasteiger partial charge in [0.2, 0.25) is 11.1 Å². The second-order valence-corrected chi connectivity index (χ2v) is 12.3. The third-order valence-electron chi connectivity index (χ3n) is 8.06. The van der Waals surface area contributed by atoms with Gasteiger partial charge in [-0.15, -0.1) is 5.10 Å². The Bertz CT molecular complexity index is 2090.